The van der Waals surface area contributed by atoms with Crippen LogP contribution in [-0.2, 0) is 4.79 Å². The first-order chi connectivity index (χ1) is 14.1. The van der Waals surface area contributed by atoms with Gasteiger partial charge in [-0.1, -0.05) is 23.9 Å². The van der Waals surface area contributed by atoms with Crippen LogP contribution in [0.1, 0.15) is 11.1 Å². The number of thioether (sulfide) groups is 1. The molecule has 148 valence electrons. The van der Waals surface area contributed by atoms with Crippen molar-refractivity contribution in [1.82, 2.24) is 14.6 Å². The molecular weight excluding hydrogens is 404 g/mol. The Kier molecular flexibility index (Phi) is 5.55. The molecule has 0 radical (unpaired) electrons. The lowest BCUT2D eigenvalue weighted by atomic mass is 10.1. The molecule has 4 aromatic rings. The largest absolute Gasteiger partial charge is 0.497 e. The summed E-state index contributed by atoms with van der Waals surface area (Å²) in [5.74, 6) is 0.995. The number of hydrogen-bond acceptors (Lipinski definition) is 6. The highest BCUT2D eigenvalue weighted by Gasteiger charge is 2.16. The second-order valence-corrected chi connectivity index (χ2v) is 8.31. The number of methoxy groups -OCH3 is 1. The minimum absolute atomic E-state index is 0.0679. The maximum absolute atomic E-state index is 12.5. The lowest BCUT2D eigenvalue weighted by Crippen LogP contribution is -2.15. The van der Waals surface area contributed by atoms with Crippen molar-refractivity contribution >= 4 is 39.7 Å². The van der Waals surface area contributed by atoms with Gasteiger partial charge in [0.15, 0.2) is 5.16 Å². The Morgan fingerprint density at radius 2 is 1.97 bits per heavy atom. The van der Waals surface area contributed by atoms with Gasteiger partial charge in [0.2, 0.25) is 10.9 Å². The third kappa shape index (κ3) is 3.99. The first-order valence-electron chi connectivity index (χ1n) is 9.02. The molecule has 6 nitrogen and oxygen atoms in total. The minimum Gasteiger partial charge on any atom is -0.497 e. The van der Waals surface area contributed by atoms with Gasteiger partial charge in [0.25, 0.3) is 0 Å². The molecule has 2 aromatic heterocycles. The van der Waals surface area contributed by atoms with Crippen molar-refractivity contribution in [2.45, 2.75) is 19.0 Å². The van der Waals surface area contributed by atoms with Crippen LogP contribution in [0.25, 0.3) is 16.2 Å². The summed E-state index contributed by atoms with van der Waals surface area (Å²) in [7, 11) is 1.65. The number of amides is 1. The summed E-state index contributed by atoms with van der Waals surface area (Å²) in [6, 6.07) is 13.7. The summed E-state index contributed by atoms with van der Waals surface area (Å²) in [5.41, 5.74) is 5.11. The van der Waals surface area contributed by atoms with Gasteiger partial charge in [-0.25, -0.2) is 0 Å². The van der Waals surface area contributed by atoms with Gasteiger partial charge in [-0.05, 0) is 60.9 Å². The molecule has 0 spiro atoms. The Labute approximate surface area is 176 Å². The lowest BCUT2D eigenvalue weighted by molar-refractivity contribution is -0.113. The first kappa shape index (κ1) is 19.5. The maximum Gasteiger partial charge on any atom is 0.234 e. The van der Waals surface area contributed by atoms with Gasteiger partial charge in [-0.3, -0.25) is 9.20 Å². The van der Waals surface area contributed by atoms with Crippen LogP contribution in [0.5, 0.6) is 5.75 Å². The average Bonchev–Trinajstić information content (AvgIpc) is 3.32. The normalized spacial score (nSPS) is 11.0. The maximum atomic E-state index is 12.5. The minimum atomic E-state index is -0.0679. The van der Waals surface area contributed by atoms with E-state index >= 15 is 0 Å². The molecule has 0 unspecified atom stereocenters. The molecule has 0 aliphatic heterocycles. The summed E-state index contributed by atoms with van der Waals surface area (Å²) < 4.78 is 7.22. The predicted molar refractivity (Wildman–Crippen MR) is 118 cm³/mol. The van der Waals surface area contributed by atoms with Crippen LogP contribution in [0, 0.1) is 13.8 Å². The highest BCUT2D eigenvalue weighted by atomic mass is 32.2. The third-order valence-corrected chi connectivity index (χ3v) is 6.46. The SMILES string of the molecule is COc1ccc(-c2csc3nnc(SCC(=O)Nc4cccc(C)c4C)n23)cc1. The van der Waals surface area contributed by atoms with E-state index in [4.69, 9.17) is 4.74 Å². The van der Waals surface area contributed by atoms with Crippen LogP contribution in [0.2, 0.25) is 0 Å². The Morgan fingerprint density at radius 1 is 1.17 bits per heavy atom. The number of fused-ring (bicyclic) bond motifs is 1. The van der Waals surface area contributed by atoms with Crippen molar-refractivity contribution in [1.29, 1.82) is 0 Å². The van der Waals surface area contributed by atoms with Gasteiger partial charge in [0.05, 0.1) is 18.6 Å². The van der Waals surface area contributed by atoms with Crippen molar-refractivity contribution < 1.29 is 9.53 Å². The molecule has 1 amide bonds. The molecule has 0 bridgehead atoms. The van der Waals surface area contributed by atoms with E-state index in [0.717, 1.165) is 38.8 Å². The van der Waals surface area contributed by atoms with Crippen molar-refractivity contribution in [3.63, 3.8) is 0 Å². The van der Waals surface area contributed by atoms with E-state index in [1.165, 1.54) is 23.1 Å². The molecule has 4 rings (SSSR count). The molecule has 0 aliphatic carbocycles. The number of nitrogens with one attached hydrogen (secondary N) is 1. The van der Waals surface area contributed by atoms with E-state index in [-0.39, 0.29) is 11.7 Å². The molecule has 1 N–H and O–H groups in total. The second kappa shape index (κ2) is 8.26. The molecule has 0 saturated heterocycles. The quantitative estimate of drug-likeness (QED) is 0.450. The number of ether oxygens (including phenoxy) is 1. The zero-order chi connectivity index (χ0) is 20.4. The van der Waals surface area contributed by atoms with Crippen molar-refractivity contribution in [3.05, 3.63) is 59.0 Å². The number of aromatic nitrogens is 3. The van der Waals surface area contributed by atoms with Gasteiger partial charge >= 0.3 is 0 Å². The van der Waals surface area contributed by atoms with E-state index in [9.17, 15) is 4.79 Å². The van der Waals surface area contributed by atoms with E-state index in [1.807, 2.05) is 66.1 Å². The molecule has 0 atom stereocenters. The number of nitrogens with zero attached hydrogens (tertiary/aromatic N) is 3. The van der Waals surface area contributed by atoms with E-state index in [2.05, 4.69) is 15.5 Å². The number of thiazole rings is 1. The number of benzene rings is 2. The zero-order valence-corrected chi connectivity index (χ0v) is 17.9. The highest BCUT2D eigenvalue weighted by Crippen LogP contribution is 2.31. The number of aryl methyl sites for hydroxylation is 1. The second-order valence-electron chi connectivity index (χ2n) is 6.53. The van der Waals surface area contributed by atoms with Crippen molar-refractivity contribution in [2.24, 2.45) is 0 Å². The number of carbonyl (C=O) groups is 1. The zero-order valence-electron chi connectivity index (χ0n) is 16.3. The van der Waals surface area contributed by atoms with Crippen LogP contribution in [0.4, 0.5) is 5.69 Å². The topological polar surface area (TPSA) is 68.5 Å². The van der Waals surface area contributed by atoms with Crippen LogP contribution < -0.4 is 10.1 Å². The fourth-order valence-electron chi connectivity index (χ4n) is 2.96. The molecule has 2 aromatic carbocycles. The van der Waals surface area contributed by atoms with Crippen molar-refractivity contribution in [2.75, 3.05) is 18.2 Å². The smallest absolute Gasteiger partial charge is 0.234 e. The highest BCUT2D eigenvalue weighted by molar-refractivity contribution is 7.99. The Hall–Kier alpha value is -2.84. The standard InChI is InChI=1S/C21H20N4O2S2/c1-13-5-4-6-17(14(13)2)22-19(26)12-29-21-24-23-20-25(21)18(11-28-20)15-7-9-16(27-3)10-8-15/h4-11H,12H2,1-3H3,(H,22,26). The molecule has 0 fully saturated rings. The summed E-state index contributed by atoms with van der Waals surface area (Å²) in [5, 5.41) is 14.2. The van der Waals surface area contributed by atoms with E-state index in [1.54, 1.807) is 7.11 Å². The Bertz CT molecular complexity index is 1170. The lowest BCUT2D eigenvalue weighted by Gasteiger charge is -2.10. The van der Waals surface area contributed by atoms with Gasteiger partial charge in [0.1, 0.15) is 5.75 Å². The van der Waals surface area contributed by atoms with E-state index in [0.29, 0.717) is 5.16 Å². The third-order valence-electron chi connectivity index (χ3n) is 4.72. The molecule has 0 saturated carbocycles. The van der Waals surface area contributed by atoms with Crippen LogP contribution >= 0.6 is 23.1 Å². The Morgan fingerprint density at radius 3 is 2.72 bits per heavy atom. The fraction of sp³-hybridized carbons (Fsp3) is 0.190. The fourth-order valence-corrected chi connectivity index (χ4v) is 4.59. The van der Waals surface area contributed by atoms with E-state index < -0.39 is 0 Å². The van der Waals surface area contributed by atoms with Gasteiger partial charge in [0, 0.05) is 11.1 Å². The molecule has 0 aliphatic rings. The number of hydrogen-bond donors (Lipinski definition) is 1. The van der Waals surface area contributed by atoms with Gasteiger partial charge in [-0.15, -0.1) is 21.5 Å². The van der Waals surface area contributed by atoms with Gasteiger partial charge < -0.3 is 10.1 Å². The van der Waals surface area contributed by atoms with Crippen LogP contribution in [-0.4, -0.2) is 33.4 Å². The molecular formula is C21H20N4O2S2. The van der Waals surface area contributed by atoms with Crippen LogP contribution in [0.15, 0.2) is 53.0 Å². The molecule has 29 heavy (non-hydrogen) atoms. The number of rotatable bonds is 6. The summed E-state index contributed by atoms with van der Waals surface area (Å²) in [6.45, 7) is 4.04. The van der Waals surface area contributed by atoms with Crippen LogP contribution in [0.3, 0.4) is 0 Å². The van der Waals surface area contributed by atoms with Gasteiger partial charge in [-0.2, -0.15) is 0 Å². The molecule has 2 heterocycles. The number of carbonyl (C=O) groups excluding carboxylic acids is 1. The average molecular weight is 425 g/mol. The predicted octanol–water partition coefficient (Wildman–Crippen LogP) is 4.81. The summed E-state index contributed by atoms with van der Waals surface area (Å²) >= 11 is 2.90. The number of anilines is 1. The van der Waals surface area contributed by atoms with Crippen molar-refractivity contribution in [3.8, 4) is 17.0 Å². The monoisotopic (exact) mass is 424 g/mol. The first-order valence-corrected chi connectivity index (χ1v) is 10.9. The Balaban J connectivity index is 1.52. The molecule has 8 heteroatoms. The summed E-state index contributed by atoms with van der Waals surface area (Å²) in [4.78, 5) is 13.3. The summed E-state index contributed by atoms with van der Waals surface area (Å²) in [6.07, 6.45) is 0.